The van der Waals surface area contributed by atoms with E-state index >= 15 is 0 Å². The Bertz CT molecular complexity index is 857. The third-order valence-electron chi connectivity index (χ3n) is 11.1. The Balaban J connectivity index is 1.62. The number of hydrogen-bond donors (Lipinski definition) is 1. The van der Waals surface area contributed by atoms with E-state index in [1.165, 1.54) is 21.0 Å². The van der Waals surface area contributed by atoms with Crippen LogP contribution in [0, 0.1) is 46.3 Å². The van der Waals surface area contributed by atoms with Gasteiger partial charge < -0.3 is 19.3 Å². The molecule has 204 valence electrons. The molecule has 0 spiro atoms. The number of rotatable bonds is 6. The van der Waals surface area contributed by atoms with Crippen LogP contribution in [0.1, 0.15) is 92.4 Å². The average Bonchev–Trinajstić information content (AvgIpc) is 3.17. The lowest BCUT2D eigenvalue weighted by Gasteiger charge is -2.64. The summed E-state index contributed by atoms with van der Waals surface area (Å²) in [4.78, 5) is 35.7. The van der Waals surface area contributed by atoms with Gasteiger partial charge in [-0.3, -0.25) is 14.4 Å². The number of carbonyl (C=O) groups excluding carboxylic acids is 3. The summed E-state index contributed by atoms with van der Waals surface area (Å²) >= 11 is 0. The topological polar surface area (TPSA) is 99.1 Å². The second kappa shape index (κ2) is 10.3. The Kier molecular flexibility index (Phi) is 7.81. The lowest BCUT2D eigenvalue weighted by Crippen LogP contribution is -2.65. The third-order valence-corrected chi connectivity index (χ3v) is 11.1. The molecule has 0 saturated heterocycles. The summed E-state index contributed by atoms with van der Waals surface area (Å²) in [6, 6.07) is 0. The van der Waals surface area contributed by atoms with Gasteiger partial charge in [0.2, 0.25) is 0 Å². The van der Waals surface area contributed by atoms with Gasteiger partial charge >= 0.3 is 17.9 Å². The third kappa shape index (κ3) is 4.69. The molecule has 11 atom stereocenters. The summed E-state index contributed by atoms with van der Waals surface area (Å²) in [6.07, 6.45) is 6.44. The Hall–Kier alpha value is -1.63. The van der Waals surface area contributed by atoms with Crippen LogP contribution in [0.4, 0.5) is 0 Å². The van der Waals surface area contributed by atoms with Crippen LogP contribution < -0.4 is 0 Å². The summed E-state index contributed by atoms with van der Waals surface area (Å²) in [6.45, 7) is 9.87. The van der Waals surface area contributed by atoms with E-state index in [-0.39, 0.29) is 46.7 Å². The Morgan fingerprint density at radius 3 is 2.19 bits per heavy atom. The van der Waals surface area contributed by atoms with Crippen molar-refractivity contribution in [2.24, 2.45) is 46.3 Å². The zero-order valence-electron chi connectivity index (χ0n) is 23.0. The van der Waals surface area contributed by atoms with E-state index in [9.17, 15) is 19.5 Å². The van der Waals surface area contributed by atoms with Crippen LogP contribution in [0.25, 0.3) is 0 Å². The molecule has 0 amide bonds. The predicted molar refractivity (Wildman–Crippen MR) is 134 cm³/mol. The second-order valence-corrected chi connectivity index (χ2v) is 12.8. The van der Waals surface area contributed by atoms with Crippen molar-refractivity contribution in [1.29, 1.82) is 0 Å². The van der Waals surface area contributed by atoms with Gasteiger partial charge in [0.15, 0.2) is 0 Å². The first-order valence-electron chi connectivity index (χ1n) is 14.0. The van der Waals surface area contributed by atoms with Gasteiger partial charge in [-0.2, -0.15) is 0 Å². The first-order chi connectivity index (χ1) is 16.9. The molecule has 4 fully saturated rings. The second-order valence-electron chi connectivity index (χ2n) is 12.8. The minimum atomic E-state index is -0.767. The molecule has 4 rings (SSSR count). The summed E-state index contributed by atoms with van der Waals surface area (Å²) in [5.74, 6) is 0.887. The zero-order valence-corrected chi connectivity index (χ0v) is 23.0. The lowest BCUT2D eigenvalue weighted by atomic mass is 9.43. The maximum absolute atomic E-state index is 12.3. The largest absolute Gasteiger partial charge is 0.469 e. The summed E-state index contributed by atoms with van der Waals surface area (Å²) < 4.78 is 16.4. The molecule has 0 aromatic carbocycles. The number of aliphatic hydroxyl groups excluding tert-OH is 1. The number of aliphatic hydroxyl groups is 1. The monoisotopic (exact) mass is 506 g/mol. The minimum Gasteiger partial charge on any atom is -0.469 e. The standard InChI is InChI=1S/C29H46O7/c1-16(7-10-24(32)34-6)20-8-9-21-25-22(12-14-28(20,21)4)29(5)13-11-19(35-17(2)30)15-23(29)26(33)27(25)36-18(3)31/h16,19-23,25-27,33H,7-15H2,1-6H3. The molecule has 36 heavy (non-hydrogen) atoms. The van der Waals surface area contributed by atoms with E-state index < -0.39 is 12.2 Å². The molecule has 7 heteroatoms. The lowest BCUT2D eigenvalue weighted by molar-refractivity contribution is -0.235. The van der Waals surface area contributed by atoms with Gasteiger partial charge in [-0.15, -0.1) is 0 Å². The van der Waals surface area contributed by atoms with Crippen LogP contribution >= 0.6 is 0 Å². The molecule has 0 aromatic rings. The smallest absolute Gasteiger partial charge is 0.305 e. The Morgan fingerprint density at radius 2 is 1.56 bits per heavy atom. The average molecular weight is 507 g/mol. The van der Waals surface area contributed by atoms with Gasteiger partial charge in [0.25, 0.3) is 0 Å². The van der Waals surface area contributed by atoms with Crippen molar-refractivity contribution >= 4 is 17.9 Å². The van der Waals surface area contributed by atoms with Gasteiger partial charge in [0.05, 0.1) is 13.2 Å². The highest BCUT2D eigenvalue weighted by Gasteiger charge is 2.66. The quantitative estimate of drug-likeness (QED) is 0.412. The van der Waals surface area contributed by atoms with E-state index in [4.69, 9.17) is 14.2 Å². The van der Waals surface area contributed by atoms with E-state index in [2.05, 4.69) is 20.8 Å². The van der Waals surface area contributed by atoms with Crippen molar-refractivity contribution in [3.63, 3.8) is 0 Å². The number of carbonyl (C=O) groups is 3. The molecule has 4 aliphatic rings. The molecular formula is C29H46O7. The summed E-state index contributed by atoms with van der Waals surface area (Å²) in [7, 11) is 1.44. The maximum atomic E-state index is 12.3. The molecule has 4 saturated carbocycles. The van der Waals surface area contributed by atoms with Crippen LogP contribution in [-0.4, -0.2) is 48.4 Å². The maximum Gasteiger partial charge on any atom is 0.305 e. The van der Waals surface area contributed by atoms with Crippen LogP contribution in [0.2, 0.25) is 0 Å². The van der Waals surface area contributed by atoms with Gasteiger partial charge in [-0.1, -0.05) is 20.8 Å². The van der Waals surface area contributed by atoms with Gasteiger partial charge in [0.1, 0.15) is 12.2 Å². The molecule has 0 bridgehead atoms. The highest BCUT2D eigenvalue weighted by Crippen LogP contribution is 2.68. The van der Waals surface area contributed by atoms with Crippen molar-refractivity contribution in [1.82, 2.24) is 0 Å². The van der Waals surface area contributed by atoms with Crippen molar-refractivity contribution in [2.45, 2.75) is 111 Å². The van der Waals surface area contributed by atoms with Gasteiger partial charge in [-0.05, 0) is 91.8 Å². The van der Waals surface area contributed by atoms with Crippen molar-refractivity contribution in [3.05, 3.63) is 0 Å². The first-order valence-corrected chi connectivity index (χ1v) is 14.0. The molecule has 11 unspecified atom stereocenters. The first kappa shape index (κ1) is 27.4. The molecular weight excluding hydrogens is 460 g/mol. The molecule has 7 nitrogen and oxygen atoms in total. The van der Waals surface area contributed by atoms with Crippen molar-refractivity contribution in [3.8, 4) is 0 Å². The molecule has 0 radical (unpaired) electrons. The highest BCUT2D eigenvalue weighted by atomic mass is 16.6. The van der Waals surface area contributed by atoms with E-state index in [1.54, 1.807) is 0 Å². The van der Waals surface area contributed by atoms with Crippen molar-refractivity contribution < 1.29 is 33.7 Å². The Labute approximate surface area is 216 Å². The minimum absolute atomic E-state index is 0.0678. The van der Waals surface area contributed by atoms with Gasteiger partial charge in [-0.25, -0.2) is 0 Å². The zero-order chi connectivity index (χ0) is 26.4. The molecule has 0 aromatic heterocycles. The number of esters is 3. The fourth-order valence-corrected chi connectivity index (χ4v) is 9.50. The Morgan fingerprint density at radius 1 is 0.917 bits per heavy atom. The fourth-order valence-electron chi connectivity index (χ4n) is 9.50. The van der Waals surface area contributed by atoms with Crippen LogP contribution in [0.3, 0.4) is 0 Å². The van der Waals surface area contributed by atoms with Crippen LogP contribution in [0.5, 0.6) is 0 Å². The fraction of sp³-hybridized carbons (Fsp3) is 0.897. The molecule has 0 aliphatic heterocycles. The van der Waals surface area contributed by atoms with E-state index in [0.717, 1.165) is 44.9 Å². The van der Waals surface area contributed by atoms with E-state index in [1.807, 2.05) is 0 Å². The number of ether oxygens (including phenoxy) is 3. The molecule has 1 N–H and O–H groups in total. The van der Waals surface area contributed by atoms with Crippen LogP contribution in [-0.2, 0) is 28.6 Å². The molecule has 0 heterocycles. The van der Waals surface area contributed by atoms with Crippen molar-refractivity contribution in [2.75, 3.05) is 7.11 Å². The SMILES string of the molecule is COC(=O)CCC(C)C1CCC2C3C(OC(C)=O)C(O)C4CC(OC(C)=O)CCC4(C)C3CCC12C. The number of methoxy groups -OCH3 is 1. The normalized spacial score (nSPS) is 44.4. The number of fused-ring (bicyclic) bond motifs is 5. The van der Waals surface area contributed by atoms with Crippen LogP contribution in [0.15, 0.2) is 0 Å². The highest BCUT2D eigenvalue weighted by molar-refractivity contribution is 5.69. The van der Waals surface area contributed by atoms with E-state index in [0.29, 0.717) is 36.5 Å². The summed E-state index contributed by atoms with van der Waals surface area (Å²) in [5.41, 5.74) is 0.0141. The van der Waals surface area contributed by atoms with Gasteiger partial charge in [0, 0.05) is 26.2 Å². The number of hydrogen-bond acceptors (Lipinski definition) is 7. The summed E-state index contributed by atoms with van der Waals surface area (Å²) in [5, 5.41) is 11.8. The molecule has 4 aliphatic carbocycles. The predicted octanol–water partition coefficient (Wildman–Crippen LogP) is 4.68.